The van der Waals surface area contributed by atoms with Crippen molar-refractivity contribution in [3.63, 3.8) is 0 Å². The second kappa shape index (κ2) is 12.9. The molecule has 0 radical (unpaired) electrons. The van der Waals surface area contributed by atoms with Gasteiger partial charge in [0.15, 0.2) is 0 Å². The van der Waals surface area contributed by atoms with Crippen LogP contribution in [0.15, 0.2) is 0 Å². The molecule has 0 saturated carbocycles. The number of likely N-dealkylation sites (N-methyl/N-ethyl adjacent to an activating group) is 1. The van der Waals surface area contributed by atoms with Gasteiger partial charge in [0, 0.05) is 0 Å². The SMILES string of the molecule is CNCC(=O)N1CC(=O)NCC(=O)NCN(CC(=O)NCC(C)=O)C(=O)CNC(=O)C1. The monoisotopic (exact) mass is 441 g/mol. The van der Waals surface area contributed by atoms with Gasteiger partial charge in [0.05, 0.1) is 32.8 Å². The minimum absolute atomic E-state index is 0.122. The first-order valence-electron chi connectivity index (χ1n) is 9.38. The van der Waals surface area contributed by atoms with E-state index < -0.39 is 68.2 Å². The summed E-state index contributed by atoms with van der Waals surface area (Å²) in [4.78, 5) is 85.6. The van der Waals surface area contributed by atoms with E-state index in [-0.39, 0.29) is 25.5 Å². The molecule has 1 fully saturated rings. The lowest BCUT2D eigenvalue weighted by molar-refractivity contribution is -0.141. The standard InChI is InChI=1S/C17H27N7O7/c1-11(25)3-19-15(29)9-24-10-22-12(26)4-20-13(27)7-23(16(30)5-18-2)8-14(28)21-6-17(24)31/h18H,3-10H2,1-2H3,(H,19,29)(H,20,27)(H,21,28)(H,22,26). The molecule has 0 aliphatic carbocycles. The average Bonchev–Trinajstić information content (AvgIpc) is 2.70. The number of hydrogen-bond donors (Lipinski definition) is 5. The summed E-state index contributed by atoms with van der Waals surface area (Å²) >= 11 is 0. The van der Waals surface area contributed by atoms with Crippen molar-refractivity contribution in [1.29, 1.82) is 0 Å². The van der Waals surface area contributed by atoms with Crippen molar-refractivity contribution in [3.05, 3.63) is 0 Å². The highest BCUT2D eigenvalue weighted by molar-refractivity contribution is 5.93. The molecule has 1 aliphatic rings. The molecule has 14 heteroatoms. The van der Waals surface area contributed by atoms with E-state index in [2.05, 4.69) is 26.6 Å². The third-order valence-electron chi connectivity index (χ3n) is 3.92. The topological polar surface area (TPSA) is 186 Å². The van der Waals surface area contributed by atoms with Crippen LogP contribution in [0.2, 0.25) is 0 Å². The van der Waals surface area contributed by atoms with Crippen molar-refractivity contribution >= 4 is 41.2 Å². The maximum atomic E-state index is 12.4. The van der Waals surface area contributed by atoms with E-state index in [4.69, 9.17) is 0 Å². The van der Waals surface area contributed by atoms with E-state index in [0.29, 0.717) is 0 Å². The van der Waals surface area contributed by atoms with Crippen LogP contribution in [0.4, 0.5) is 0 Å². The van der Waals surface area contributed by atoms with Crippen molar-refractivity contribution in [1.82, 2.24) is 36.4 Å². The molecule has 1 aliphatic heterocycles. The number of nitrogens with one attached hydrogen (secondary N) is 5. The van der Waals surface area contributed by atoms with Gasteiger partial charge in [-0.1, -0.05) is 0 Å². The van der Waals surface area contributed by atoms with Gasteiger partial charge in [-0.25, -0.2) is 0 Å². The van der Waals surface area contributed by atoms with Gasteiger partial charge in [0.1, 0.15) is 25.4 Å². The van der Waals surface area contributed by atoms with Crippen molar-refractivity contribution in [2.45, 2.75) is 6.92 Å². The number of carbonyl (C=O) groups is 7. The molecule has 6 amide bonds. The maximum absolute atomic E-state index is 12.4. The highest BCUT2D eigenvalue weighted by Gasteiger charge is 2.23. The molecule has 14 nitrogen and oxygen atoms in total. The molecule has 0 spiro atoms. The van der Waals surface area contributed by atoms with Crippen LogP contribution in [0.25, 0.3) is 0 Å². The number of Topliss-reactive ketones (excluding diaryl/α,β-unsaturated/α-hetero) is 1. The number of nitrogens with zero attached hydrogens (tertiary/aromatic N) is 2. The summed E-state index contributed by atoms with van der Waals surface area (Å²) in [5.74, 6) is -4.10. The van der Waals surface area contributed by atoms with Gasteiger partial charge >= 0.3 is 0 Å². The van der Waals surface area contributed by atoms with E-state index in [0.717, 1.165) is 9.80 Å². The minimum Gasteiger partial charge on any atom is -0.347 e. The third kappa shape index (κ3) is 10.2. The second-order valence-electron chi connectivity index (χ2n) is 6.66. The summed E-state index contributed by atoms with van der Waals surface area (Å²) in [6.07, 6.45) is 0. The van der Waals surface area contributed by atoms with Crippen LogP contribution in [-0.2, 0) is 33.6 Å². The quantitative estimate of drug-likeness (QED) is 0.271. The van der Waals surface area contributed by atoms with Gasteiger partial charge in [-0.15, -0.1) is 0 Å². The number of ketones is 1. The van der Waals surface area contributed by atoms with Crippen LogP contribution in [0.3, 0.4) is 0 Å². The van der Waals surface area contributed by atoms with Crippen molar-refractivity contribution in [2.75, 3.05) is 59.5 Å². The summed E-state index contributed by atoms with van der Waals surface area (Å²) in [6, 6.07) is 0. The lowest BCUT2D eigenvalue weighted by atomic mass is 10.3. The second-order valence-corrected chi connectivity index (χ2v) is 6.66. The summed E-state index contributed by atoms with van der Waals surface area (Å²) in [6.45, 7) is -1.75. The first kappa shape index (κ1) is 25.5. The summed E-state index contributed by atoms with van der Waals surface area (Å²) in [5, 5.41) is 11.9. The number of rotatable bonds is 6. The van der Waals surface area contributed by atoms with Crippen LogP contribution in [0.1, 0.15) is 6.92 Å². The Balaban J connectivity index is 2.89. The van der Waals surface area contributed by atoms with Crippen LogP contribution in [-0.4, -0.2) is 111 Å². The minimum atomic E-state index is -0.687. The molecule has 5 N–H and O–H groups in total. The Labute approximate surface area is 178 Å². The molecule has 1 saturated heterocycles. The zero-order chi connectivity index (χ0) is 23.4. The lowest BCUT2D eigenvalue weighted by Gasteiger charge is -2.25. The molecule has 0 unspecified atom stereocenters. The Kier molecular flexibility index (Phi) is 10.6. The average molecular weight is 441 g/mol. The molecular weight excluding hydrogens is 414 g/mol. The maximum Gasteiger partial charge on any atom is 0.243 e. The first-order chi connectivity index (χ1) is 14.6. The molecule has 31 heavy (non-hydrogen) atoms. The largest absolute Gasteiger partial charge is 0.347 e. The van der Waals surface area contributed by atoms with Gasteiger partial charge in [-0.2, -0.15) is 0 Å². The molecular formula is C17H27N7O7. The van der Waals surface area contributed by atoms with E-state index in [1.165, 1.54) is 14.0 Å². The predicted octanol–water partition coefficient (Wildman–Crippen LogP) is -5.11. The van der Waals surface area contributed by atoms with E-state index in [9.17, 15) is 33.6 Å². The zero-order valence-electron chi connectivity index (χ0n) is 17.4. The first-order valence-corrected chi connectivity index (χ1v) is 9.38. The summed E-state index contributed by atoms with van der Waals surface area (Å²) in [5.41, 5.74) is 0. The van der Waals surface area contributed by atoms with E-state index in [1.54, 1.807) is 0 Å². The van der Waals surface area contributed by atoms with Crippen molar-refractivity contribution in [2.24, 2.45) is 0 Å². The fourth-order valence-corrected chi connectivity index (χ4v) is 2.35. The lowest BCUT2D eigenvalue weighted by Crippen LogP contribution is -2.54. The fourth-order valence-electron chi connectivity index (χ4n) is 2.35. The normalized spacial score (nSPS) is 16.6. The number of carbonyl (C=O) groups excluding carboxylic acids is 7. The molecule has 0 aromatic rings. The third-order valence-corrected chi connectivity index (χ3v) is 3.92. The smallest absolute Gasteiger partial charge is 0.243 e. The van der Waals surface area contributed by atoms with Gasteiger partial charge in [-0.05, 0) is 14.0 Å². The van der Waals surface area contributed by atoms with Crippen molar-refractivity contribution in [3.8, 4) is 0 Å². The van der Waals surface area contributed by atoms with Gasteiger partial charge < -0.3 is 36.4 Å². The molecule has 0 atom stereocenters. The van der Waals surface area contributed by atoms with E-state index in [1.807, 2.05) is 0 Å². The van der Waals surface area contributed by atoms with Gasteiger partial charge in [0.25, 0.3) is 0 Å². The summed E-state index contributed by atoms with van der Waals surface area (Å²) in [7, 11) is 1.52. The van der Waals surface area contributed by atoms with Gasteiger partial charge in [-0.3, -0.25) is 33.6 Å². The summed E-state index contributed by atoms with van der Waals surface area (Å²) < 4.78 is 0. The molecule has 1 rings (SSSR count). The van der Waals surface area contributed by atoms with Crippen LogP contribution >= 0.6 is 0 Å². The Morgan fingerprint density at radius 3 is 2.10 bits per heavy atom. The highest BCUT2D eigenvalue weighted by atomic mass is 16.2. The molecule has 0 aromatic heterocycles. The molecule has 0 bridgehead atoms. The Morgan fingerprint density at radius 2 is 1.52 bits per heavy atom. The van der Waals surface area contributed by atoms with Gasteiger partial charge in [0.2, 0.25) is 35.4 Å². The Morgan fingerprint density at radius 1 is 0.903 bits per heavy atom. The Bertz CT molecular complexity index is 740. The fraction of sp³-hybridized carbons (Fsp3) is 0.588. The van der Waals surface area contributed by atoms with Crippen LogP contribution < -0.4 is 26.6 Å². The highest BCUT2D eigenvalue weighted by Crippen LogP contribution is 1.93. The molecule has 1 heterocycles. The van der Waals surface area contributed by atoms with E-state index >= 15 is 0 Å². The number of hydrogen-bond acceptors (Lipinski definition) is 8. The van der Waals surface area contributed by atoms with Crippen LogP contribution in [0.5, 0.6) is 0 Å². The van der Waals surface area contributed by atoms with Crippen molar-refractivity contribution < 1.29 is 33.6 Å². The number of amides is 6. The van der Waals surface area contributed by atoms with Crippen LogP contribution in [0, 0.1) is 0 Å². The molecule has 0 aromatic carbocycles. The zero-order valence-corrected chi connectivity index (χ0v) is 17.4. The Hall–Kier alpha value is -3.55. The molecule has 172 valence electrons. The predicted molar refractivity (Wildman–Crippen MR) is 105 cm³/mol.